The summed E-state index contributed by atoms with van der Waals surface area (Å²) in [4.78, 5) is 47.3. The number of alkyl halides is 3. The number of benzene rings is 2. The highest BCUT2D eigenvalue weighted by atomic mass is 35.5. The van der Waals surface area contributed by atoms with E-state index in [4.69, 9.17) is 11.6 Å². The number of hydrogen-bond donors (Lipinski definition) is 2. The molecule has 0 spiro atoms. The standard InChI is InChI=1S/C33H37ClF3N7O3S/c1-3-44-28-25(31(46)39-18-33(35,36)37)23(16-38)29(28)48-30-26(32(44)47)27(30)40-20-5-4-6-22(15-20)41(2)24(45)17-42-11-13-43(14-12-42)21-9-7-19(34)8-10-21/h4-10,15,23,25-30,40H,3,11-14,17-18H2,1-2H3,(H,39,46). The Kier molecular flexibility index (Phi) is 9.75. The second-order valence-electron chi connectivity index (χ2n) is 12.6. The van der Waals surface area contributed by atoms with Gasteiger partial charge in [-0.15, -0.1) is 11.8 Å². The smallest absolute Gasteiger partial charge is 0.380 e. The average molecular weight is 704 g/mol. The van der Waals surface area contributed by atoms with E-state index in [1.54, 1.807) is 23.8 Å². The minimum atomic E-state index is -4.58. The number of nitriles is 1. The summed E-state index contributed by atoms with van der Waals surface area (Å²) in [5.74, 6) is -3.30. The lowest BCUT2D eigenvalue weighted by Crippen LogP contribution is -2.67. The van der Waals surface area contributed by atoms with E-state index in [2.05, 4.69) is 21.2 Å². The summed E-state index contributed by atoms with van der Waals surface area (Å²) >= 11 is 7.48. The first-order valence-electron chi connectivity index (χ1n) is 16.0. The van der Waals surface area contributed by atoms with Crippen molar-refractivity contribution < 1.29 is 27.6 Å². The number of rotatable bonds is 9. The normalized spacial score (nSPS) is 28.3. The number of amides is 3. The molecular formula is C33H37ClF3N7O3S. The summed E-state index contributed by atoms with van der Waals surface area (Å²) in [7, 11) is 1.74. The van der Waals surface area contributed by atoms with Crippen LogP contribution in [0.25, 0.3) is 0 Å². The SMILES string of the molecule is CCN1C(=O)C2C(Nc3cccc(N(C)C(=O)CN4CCN(c5ccc(Cl)cc5)CC4)c3)C2SC2C(C#N)C(C(=O)NCC(F)(F)F)C21. The number of nitrogens with one attached hydrogen (secondary N) is 2. The molecule has 2 aromatic rings. The number of thioether (sulfide) groups is 1. The van der Waals surface area contributed by atoms with Crippen molar-refractivity contribution in [1.29, 1.82) is 5.26 Å². The fourth-order valence-electron chi connectivity index (χ4n) is 7.06. The van der Waals surface area contributed by atoms with Gasteiger partial charge < -0.3 is 25.3 Å². The van der Waals surface area contributed by atoms with Gasteiger partial charge in [0.25, 0.3) is 0 Å². The van der Waals surface area contributed by atoms with Crippen LogP contribution in [-0.4, -0.2) is 109 Å². The molecule has 2 N–H and O–H groups in total. The van der Waals surface area contributed by atoms with Gasteiger partial charge in [-0.25, -0.2) is 0 Å². The molecule has 6 rings (SSSR count). The lowest BCUT2D eigenvalue weighted by atomic mass is 9.67. The Morgan fingerprint density at radius 3 is 2.46 bits per heavy atom. The molecule has 15 heteroatoms. The number of anilines is 3. The summed E-state index contributed by atoms with van der Waals surface area (Å²) < 4.78 is 38.3. The molecule has 2 saturated carbocycles. The van der Waals surface area contributed by atoms with Gasteiger partial charge in [0.05, 0.1) is 42.5 Å². The van der Waals surface area contributed by atoms with Gasteiger partial charge in [0.1, 0.15) is 6.54 Å². The minimum Gasteiger partial charge on any atom is -0.380 e. The zero-order valence-corrected chi connectivity index (χ0v) is 28.1. The maximum Gasteiger partial charge on any atom is 0.405 e. The molecule has 0 bridgehead atoms. The van der Waals surface area contributed by atoms with E-state index in [0.29, 0.717) is 10.7 Å². The monoisotopic (exact) mass is 703 g/mol. The number of halogens is 4. The highest BCUT2D eigenvalue weighted by Gasteiger charge is 2.68. The molecule has 256 valence electrons. The number of carbonyl (C=O) groups excluding carboxylic acids is 3. The Bertz CT molecular complexity index is 1580. The van der Waals surface area contributed by atoms with Gasteiger partial charge in [-0.1, -0.05) is 17.7 Å². The van der Waals surface area contributed by atoms with E-state index in [1.165, 1.54) is 11.8 Å². The third kappa shape index (κ3) is 6.91. The molecule has 0 radical (unpaired) electrons. The van der Waals surface area contributed by atoms with Crippen molar-refractivity contribution in [2.24, 2.45) is 17.8 Å². The van der Waals surface area contributed by atoms with Crippen molar-refractivity contribution >= 4 is 58.1 Å². The van der Waals surface area contributed by atoms with Crippen molar-refractivity contribution in [2.45, 2.75) is 35.7 Å². The van der Waals surface area contributed by atoms with Crippen LogP contribution in [-0.2, 0) is 14.4 Å². The predicted octanol–water partition coefficient (Wildman–Crippen LogP) is 3.68. The van der Waals surface area contributed by atoms with Gasteiger partial charge >= 0.3 is 6.18 Å². The number of likely N-dealkylation sites (N-methyl/N-ethyl adjacent to an activating group) is 1. The maximum atomic E-state index is 13.7. The topological polar surface area (TPSA) is 112 Å². The maximum absolute atomic E-state index is 13.7. The van der Waals surface area contributed by atoms with Crippen LogP contribution in [0.5, 0.6) is 0 Å². The van der Waals surface area contributed by atoms with Gasteiger partial charge in [0, 0.05) is 72.4 Å². The van der Waals surface area contributed by atoms with Crippen LogP contribution in [0.4, 0.5) is 30.2 Å². The number of nitrogens with zero attached hydrogens (tertiary/aromatic N) is 5. The Morgan fingerprint density at radius 1 is 1.10 bits per heavy atom. The Labute approximate surface area is 286 Å². The largest absolute Gasteiger partial charge is 0.405 e. The van der Waals surface area contributed by atoms with E-state index in [-0.39, 0.29) is 41.4 Å². The highest BCUT2D eigenvalue weighted by Crippen LogP contribution is 2.58. The minimum absolute atomic E-state index is 0.0413. The summed E-state index contributed by atoms with van der Waals surface area (Å²) in [6, 6.07) is 16.4. The summed E-state index contributed by atoms with van der Waals surface area (Å²) in [5.41, 5.74) is 2.55. The zero-order chi connectivity index (χ0) is 34.3. The van der Waals surface area contributed by atoms with Crippen LogP contribution in [0.15, 0.2) is 48.5 Å². The predicted molar refractivity (Wildman–Crippen MR) is 179 cm³/mol. The average Bonchev–Trinajstić information content (AvgIpc) is 3.76. The van der Waals surface area contributed by atoms with E-state index in [9.17, 15) is 32.8 Å². The molecule has 2 aliphatic heterocycles. The lowest BCUT2D eigenvalue weighted by molar-refractivity contribution is -0.150. The molecule has 2 saturated heterocycles. The third-order valence-electron chi connectivity index (χ3n) is 9.76. The molecule has 7 unspecified atom stereocenters. The van der Waals surface area contributed by atoms with Crippen LogP contribution < -0.4 is 20.4 Å². The number of piperazine rings is 1. The van der Waals surface area contributed by atoms with Gasteiger partial charge in [-0.2, -0.15) is 18.4 Å². The number of carbonyl (C=O) groups is 3. The van der Waals surface area contributed by atoms with Gasteiger partial charge in [0.2, 0.25) is 17.7 Å². The molecule has 2 aliphatic carbocycles. The molecule has 3 amide bonds. The van der Waals surface area contributed by atoms with Crippen LogP contribution in [0, 0.1) is 29.1 Å². The fraction of sp³-hybridized carbons (Fsp3) is 0.515. The zero-order valence-electron chi connectivity index (χ0n) is 26.5. The Balaban J connectivity index is 1.05. The van der Waals surface area contributed by atoms with Crippen molar-refractivity contribution in [3.05, 3.63) is 53.6 Å². The van der Waals surface area contributed by atoms with E-state index >= 15 is 0 Å². The number of fused-ring (bicyclic) bond motifs is 2. The second kappa shape index (κ2) is 13.7. The van der Waals surface area contributed by atoms with E-state index in [1.807, 2.05) is 53.8 Å². The van der Waals surface area contributed by atoms with Crippen LogP contribution in [0.2, 0.25) is 5.02 Å². The molecule has 4 fully saturated rings. The van der Waals surface area contributed by atoms with Crippen molar-refractivity contribution in [2.75, 3.05) is 68.0 Å². The molecule has 0 aromatic heterocycles. The van der Waals surface area contributed by atoms with Crippen LogP contribution in [0.1, 0.15) is 6.92 Å². The second-order valence-corrected chi connectivity index (χ2v) is 14.4. The fourth-order valence-corrected chi connectivity index (χ4v) is 9.20. The Morgan fingerprint density at radius 2 is 1.81 bits per heavy atom. The van der Waals surface area contributed by atoms with Crippen LogP contribution >= 0.6 is 23.4 Å². The first-order chi connectivity index (χ1) is 22.9. The molecule has 7 atom stereocenters. The van der Waals surface area contributed by atoms with Gasteiger partial charge in [-0.05, 0) is 49.4 Å². The van der Waals surface area contributed by atoms with Gasteiger partial charge in [0.15, 0.2) is 0 Å². The Hall–Kier alpha value is -3.67. The van der Waals surface area contributed by atoms with Crippen molar-refractivity contribution in [1.82, 2.24) is 15.1 Å². The molecule has 48 heavy (non-hydrogen) atoms. The van der Waals surface area contributed by atoms with E-state index in [0.717, 1.165) is 37.6 Å². The number of hydrogen-bond acceptors (Lipinski definition) is 8. The quantitative estimate of drug-likeness (QED) is 0.407. The molecule has 10 nitrogen and oxygen atoms in total. The first kappa shape index (κ1) is 34.2. The summed E-state index contributed by atoms with van der Waals surface area (Å²) in [5, 5.41) is 15.4. The first-order valence-corrected chi connectivity index (χ1v) is 17.3. The molecule has 4 aliphatic rings. The van der Waals surface area contributed by atoms with E-state index < -0.39 is 42.4 Å². The van der Waals surface area contributed by atoms with Crippen molar-refractivity contribution in [3.63, 3.8) is 0 Å². The third-order valence-corrected chi connectivity index (χ3v) is 11.8. The van der Waals surface area contributed by atoms with Gasteiger partial charge in [-0.3, -0.25) is 19.3 Å². The summed E-state index contributed by atoms with van der Waals surface area (Å²) in [6.45, 7) is 3.95. The summed E-state index contributed by atoms with van der Waals surface area (Å²) in [6.07, 6.45) is -4.58. The molecular weight excluding hydrogens is 667 g/mol. The molecule has 2 heterocycles. The van der Waals surface area contributed by atoms with Crippen molar-refractivity contribution in [3.8, 4) is 6.07 Å². The lowest BCUT2D eigenvalue weighted by Gasteiger charge is -2.51. The highest BCUT2D eigenvalue weighted by molar-refractivity contribution is 8.01. The van der Waals surface area contributed by atoms with Crippen LogP contribution in [0.3, 0.4) is 0 Å². The molecule has 2 aromatic carbocycles.